The van der Waals surface area contributed by atoms with E-state index in [0.29, 0.717) is 10.6 Å². The van der Waals surface area contributed by atoms with E-state index in [2.05, 4.69) is 15.2 Å². The van der Waals surface area contributed by atoms with Gasteiger partial charge in [-0.1, -0.05) is 35.0 Å². The third-order valence-corrected chi connectivity index (χ3v) is 5.12. The minimum atomic E-state index is -4.67. The highest BCUT2D eigenvalue weighted by atomic mass is 35.5. The zero-order valence-electron chi connectivity index (χ0n) is 17.4. The van der Waals surface area contributed by atoms with Gasteiger partial charge >= 0.3 is 18.0 Å². The van der Waals surface area contributed by atoms with Gasteiger partial charge in [-0.25, -0.2) is 9.48 Å². The molecule has 7 nitrogen and oxygen atoms in total. The maximum absolute atomic E-state index is 13.3. The molecule has 0 amide bonds. The summed E-state index contributed by atoms with van der Waals surface area (Å²) in [6, 6.07) is 10.5. The van der Waals surface area contributed by atoms with Crippen molar-refractivity contribution in [3.63, 3.8) is 0 Å². The third kappa shape index (κ3) is 5.56. The van der Waals surface area contributed by atoms with Gasteiger partial charge in [-0.05, 0) is 30.3 Å². The molecule has 14 heteroatoms. The van der Waals surface area contributed by atoms with E-state index in [1.807, 2.05) is 0 Å². The molecule has 0 fully saturated rings. The number of hydrogen-bond donors (Lipinski definition) is 0. The van der Waals surface area contributed by atoms with Crippen molar-refractivity contribution < 1.29 is 30.9 Å². The van der Waals surface area contributed by atoms with Gasteiger partial charge in [0.05, 0.1) is 12.0 Å². The highest BCUT2D eigenvalue weighted by molar-refractivity contribution is 6.30. The molecular formula is C21H14ClF6N5O2. The molecule has 2 aromatic heterocycles. The smallest absolute Gasteiger partial charge is 0.337 e. The summed E-state index contributed by atoms with van der Waals surface area (Å²) in [7, 11) is 0. The Balaban J connectivity index is 1.69. The quantitative estimate of drug-likeness (QED) is 0.319. The number of benzene rings is 2. The average Bonchev–Trinajstić information content (AvgIpc) is 3.37. The Labute approximate surface area is 197 Å². The molecule has 4 rings (SSSR count). The van der Waals surface area contributed by atoms with E-state index < -0.39 is 43.1 Å². The lowest BCUT2D eigenvalue weighted by molar-refractivity contribution is -0.137. The van der Waals surface area contributed by atoms with E-state index in [-0.39, 0.29) is 23.1 Å². The van der Waals surface area contributed by atoms with Gasteiger partial charge in [-0.2, -0.15) is 31.3 Å². The number of nitrogens with zero attached hydrogens (tertiary/aromatic N) is 5. The SMILES string of the molecule is O=c1n(Cc2nc(-c3ccccc3C(F)(F)F)no2)nc(-c2ccc(Cl)cc2)n1CCC(F)(F)F. The Kier molecular flexibility index (Phi) is 6.45. The molecule has 0 unspecified atom stereocenters. The topological polar surface area (TPSA) is 78.7 Å². The fourth-order valence-electron chi connectivity index (χ4n) is 3.28. The minimum absolute atomic E-state index is 0.0573. The summed E-state index contributed by atoms with van der Waals surface area (Å²) in [4.78, 5) is 16.8. The summed E-state index contributed by atoms with van der Waals surface area (Å²) >= 11 is 5.85. The Morgan fingerprint density at radius 1 is 0.971 bits per heavy atom. The third-order valence-electron chi connectivity index (χ3n) is 4.87. The van der Waals surface area contributed by atoms with Gasteiger partial charge < -0.3 is 4.52 Å². The number of halogens is 7. The van der Waals surface area contributed by atoms with Crippen molar-refractivity contribution in [1.29, 1.82) is 0 Å². The van der Waals surface area contributed by atoms with Crippen LogP contribution in [0.4, 0.5) is 26.3 Å². The zero-order chi connectivity index (χ0) is 25.4. The van der Waals surface area contributed by atoms with Crippen molar-refractivity contribution in [2.24, 2.45) is 0 Å². The van der Waals surface area contributed by atoms with Crippen LogP contribution in [0.3, 0.4) is 0 Å². The van der Waals surface area contributed by atoms with E-state index >= 15 is 0 Å². The van der Waals surface area contributed by atoms with E-state index in [4.69, 9.17) is 16.1 Å². The Hall–Kier alpha value is -3.61. The summed E-state index contributed by atoms with van der Waals surface area (Å²) in [6.07, 6.45) is -10.5. The molecule has 0 N–H and O–H groups in total. The second-order valence-corrected chi connectivity index (χ2v) is 7.78. The van der Waals surface area contributed by atoms with Crippen molar-refractivity contribution >= 4 is 11.6 Å². The molecule has 0 saturated heterocycles. The maximum atomic E-state index is 13.3. The fraction of sp³-hybridized carbons (Fsp3) is 0.238. The van der Waals surface area contributed by atoms with E-state index in [9.17, 15) is 31.1 Å². The van der Waals surface area contributed by atoms with Gasteiger partial charge in [0.1, 0.15) is 6.54 Å². The van der Waals surface area contributed by atoms with Gasteiger partial charge in [0, 0.05) is 22.7 Å². The van der Waals surface area contributed by atoms with Crippen molar-refractivity contribution in [1.82, 2.24) is 24.5 Å². The van der Waals surface area contributed by atoms with Crippen LogP contribution in [0.1, 0.15) is 17.9 Å². The average molecular weight is 518 g/mol. The van der Waals surface area contributed by atoms with Gasteiger partial charge in [0.2, 0.25) is 11.7 Å². The van der Waals surface area contributed by atoms with E-state index in [1.165, 1.54) is 36.4 Å². The predicted molar refractivity (Wildman–Crippen MR) is 111 cm³/mol. The molecule has 0 radical (unpaired) electrons. The van der Waals surface area contributed by atoms with Crippen LogP contribution in [-0.2, 0) is 19.3 Å². The predicted octanol–water partition coefficient (Wildman–Crippen LogP) is 5.43. The van der Waals surface area contributed by atoms with Crippen LogP contribution in [0.2, 0.25) is 5.02 Å². The van der Waals surface area contributed by atoms with Crippen LogP contribution in [-0.4, -0.2) is 30.7 Å². The first-order chi connectivity index (χ1) is 16.4. The van der Waals surface area contributed by atoms with E-state index in [0.717, 1.165) is 21.4 Å². The van der Waals surface area contributed by atoms with Gasteiger partial charge in [-0.3, -0.25) is 4.57 Å². The number of alkyl halides is 6. The minimum Gasteiger partial charge on any atom is -0.337 e. The largest absolute Gasteiger partial charge is 0.417 e. The van der Waals surface area contributed by atoms with Crippen molar-refractivity contribution in [3.05, 3.63) is 75.5 Å². The molecule has 4 aromatic rings. The lowest BCUT2D eigenvalue weighted by Crippen LogP contribution is -2.27. The first kappa shape index (κ1) is 24.5. The lowest BCUT2D eigenvalue weighted by Gasteiger charge is -2.09. The molecule has 0 spiro atoms. The monoisotopic (exact) mass is 517 g/mol. The Morgan fingerprint density at radius 2 is 1.66 bits per heavy atom. The molecule has 0 bridgehead atoms. The molecule has 2 aromatic carbocycles. The summed E-state index contributed by atoms with van der Waals surface area (Å²) in [6.45, 7) is -1.17. The van der Waals surface area contributed by atoms with Crippen LogP contribution in [0.15, 0.2) is 57.8 Å². The fourth-order valence-corrected chi connectivity index (χ4v) is 3.40. The van der Waals surface area contributed by atoms with Crippen LogP contribution < -0.4 is 5.69 Å². The number of aromatic nitrogens is 5. The molecular weight excluding hydrogens is 504 g/mol. The molecule has 0 atom stereocenters. The van der Waals surface area contributed by atoms with Crippen LogP contribution in [0.25, 0.3) is 22.8 Å². The normalized spacial score (nSPS) is 12.3. The Bertz CT molecular complexity index is 1390. The molecule has 0 aliphatic heterocycles. The zero-order valence-corrected chi connectivity index (χ0v) is 18.2. The van der Waals surface area contributed by atoms with Crippen LogP contribution in [0.5, 0.6) is 0 Å². The first-order valence-electron chi connectivity index (χ1n) is 9.92. The second kappa shape index (κ2) is 9.21. The standard InChI is InChI=1S/C21H14ClF6N5O2/c22-13-7-5-12(6-8-13)18-30-33(19(34)32(18)10-9-20(23,24)25)11-16-29-17(31-35-16)14-3-1-2-4-15(14)21(26,27)28/h1-8H,9-11H2. The molecule has 0 aliphatic rings. The highest BCUT2D eigenvalue weighted by Crippen LogP contribution is 2.35. The van der Waals surface area contributed by atoms with Gasteiger partial charge in [-0.15, -0.1) is 5.10 Å². The van der Waals surface area contributed by atoms with Crippen molar-refractivity contribution in [3.8, 4) is 22.8 Å². The summed E-state index contributed by atoms with van der Waals surface area (Å²) in [5.74, 6) is -0.685. The molecule has 0 saturated carbocycles. The maximum Gasteiger partial charge on any atom is 0.417 e. The number of hydrogen-bond acceptors (Lipinski definition) is 5. The van der Waals surface area contributed by atoms with Crippen molar-refractivity contribution in [2.45, 2.75) is 31.9 Å². The lowest BCUT2D eigenvalue weighted by atomic mass is 10.1. The molecule has 35 heavy (non-hydrogen) atoms. The second-order valence-electron chi connectivity index (χ2n) is 7.34. The molecule has 2 heterocycles. The summed E-state index contributed by atoms with van der Waals surface area (Å²) in [5.41, 5.74) is -1.88. The Morgan fingerprint density at radius 3 is 2.31 bits per heavy atom. The van der Waals surface area contributed by atoms with Crippen LogP contribution >= 0.6 is 11.6 Å². The van der Waals surface area contributed by atoms with Gasteiger partial charge in [0.15, 0.2) is 5.82 Å². The van der Waals surface area contributed by atoms with E-state index in [1.54, 1.807) is 0 Å². The first-order valence-corrected chi connectivity index (χ1v) is 10.3. The summed E-state index contributed by atoms with van der Waals surface area (Å²) < 4.78 is 85.0. The molecule has 184 valence electrons. The summed E-state index contributed by atoms with van der Waals surface area (Å²) in [5, 5.41) is 8.02. The van der Waals surface area contributed by atoms with Crippen LogP contribution in [0, 0.1) is 0 Å². The molecule has 0 aliphatic carbocycles. The highest BCUT2D eigenvalue weighted by Gasteiger charge is 2.34. The van der Waals surface area contributed by atoms with Crippen molar-refractivity contribution in [2.75, 3.05) is 0 Å². The number of rotatable bonds is 6. The van der Waals surface area contributed by atoms with Gasteiger partial charge in [0.25, 0.3) is 0 Å².